The van der Waals surface area contributed by atoms with Crippen LogP contribution in [0.4, 0.5) is 0 Å². The fraction of sp³-hybridized carbons (Fsp3) is 0.583. The fourth-order valence-electron chi connectivity index (χ4n) is 1.67. The molecule has 1 fully saturated rings. The second kappa shape index (κ2) is 5.60. The minimum atomic E-state index is -3.65. The number of thiophene rings is 1. The van der Waals surface area contributed by atoms with Crippen LogP contribution in [0, 0.1) is 0 Å². The van der Waals surface area contributed by atoms with E-state index in [0.29, 0.717) is 10.8 Å². The lowest BCUT2D eigenvalue weighted by atomic mass is 10.3. The number of methoxy groups -OCH3 is 1. The first-order valence-electron chi connectivity index (χ1n) is 6.08. The highest BCUT2D eigenvalue weighted by Gasteiger charge is 2.27. The monoisotopic (exact) mass is 303 g/mol. The van der Waals surface area contributed by atoms with Crippen LogP contribution in [-0.4, -0.2) is 33.3 Å². The van der Waals surface area contributed by atoms with Gasteiger partial charge in [-0.15, -0.1) is 11.3 Å². The van der Waals surface area contributed by atoms with E-state index < -0.39 is 22.0 Å². The molecule has 106 valence electrons. The Morgan fingerprint density at radius 3 is 2.79 bits per heavy atom. The molecule has 1 unspecified atom stereocenters. The number of hydrogen-bond donors (Lipinski definition) is 1. The number of nitrogens with one attached hydrogen (secondary N) is 1. The first-order valence-corrected chi connectivity index (χ1v) is 8.55. The third-order valence-electron chi connectivity index (χ3n) is 2.93. The van der Waals surface area contributed by atoms with Crippen LogP contribution in [0.15, 0.2) is 12.1 Å². The molecule has 1 atom stereocenters. The number of amides is 1. The van der Waals surface area contributed by atoms with Crippen molar-refractivity contribution in [1.82, 2.24) is 4.72 Å². The van der Waals surface area contributed by atoms with E-state index in [0.717, 1.165) is 17.7 Å². The highest BCUT2D eigenvalue weighted by atomic mass is 32.2. The lowest BCUT2D eigenvalue weighted by molar-refractivity contribution is 0.0984. The average molecular weight is 303 g/mol. The predicted molar refractivity (Wildman–Crippen MR) is 74.0 cm³/mol. The quantitative estimate of drug-likeness (QED) is 0.868. The first kappa shape index (κ1) is 14.5. The van der Waals surface area contributed by atoms with E-state index in [9.17, 15) is 13.2 Å². The maximum Gasteiger partial charge on any atom is 0.274 e. The second-order valence-electron chi connectivity index (χ2n) is 4.74. The lowest BCUT2D eigenvalue weighted by Gasteiger charge is -2.10. The van der Waals surface area contributed by atoms with E-state index in [1.165, 1.54) is 18.4 Å². The van der Waals surface area contributed by atoms with Crippen LogP contribution in [-0.2, 0) is 14.8 Å². The topological polar surface area (TPSA) is 72.5 Å². The fourth-order valence-corrected chi connectivity index (χ4v) is 4.04. The first-order chi connectivity index (χ1) is 8.91. The molecule has 0 bridgehead atoms. The SMILES string of the molecule is COC(C)CS(=O)(=O)NC(=O)c1ccc(C2CC2)s1. The van der Waals surface area contributed by atoms with E-state index >= 15 is 0 Å². The molecule has 1 amide bonds. The van der Waals surface area contributed by atoms with Crippen LogP contribution in [0.25, 0.3) is 0 Å². The Kier molecular flexibility index (Phi) is 4.27. The molecule has 5 nitrogen and oxygen atoms in total. The normalized spacial score (nSPS) is 17.2. The summed E-state index contributed by atoms with van der Waals surface area (Å²) in [4.78, 5) is 13.5. The van der Waals surface area contributed by atoms with E-state index in [1.807, 2.05) is 6.07 Å². The van der Waals surface area contributed by atoms with Gasteiger partial charge in [-0.2, -0.15) is 0 Å². The molecule has 1 aromatic heterocycles. The summed E-state index contributed by atoms with van der Waals surface area (Å²) >= 11 is 1.37. The summed E-state index contributed by atoms with van der Waals surface area (Å²) in [7, 11) is -2.22. The van der Waals surface area contributed by atoms with Crippen molar-refractivity contribution in [2.45, 2.75) is 31.8 Å². The summed E-state index contributed by atoms with van der Waals surface area (Å²) < 4.78 is 30.4. The second-order valence-corrected chi connectivity index (χ2v) is 7.62. The Hall–Kier alpha value is -0.920. The third kappa shape index (κ3) is 4.02. The molecule has 0 radical (unpaired) electrons. The predicted octanol–water partition coefficient (Wildman–Crippen LogP) is 1.72. The Morgan fingerprint density at radius 1 is 1.53 bits per heavy atom. The van der Waals surface area contributed by atoms with Crippen LogP contribution >= 0.6 is 11.3 Å². The number of sulfonamides is 1. The van der Waals surface area contributed by atoms with Crippen LogP contribution in [0.2, 0.25) is 0 Å². The molecule has 1 aliphatic carbocycles. The molecule has 1 heterocycles. The molecule has 7 heteroatoms. The van der Waals surface area contributed by atoms with Crippen LogP contribution < -0.4 is 4.72 Å². The van der Waals surface area contributed by atoms with Gasteiger partial charge < -0.3 is 4.74 Å². The van der Waals surface area contributed by atoms with Gasteiger partial charge in [-0.1, -0.05) is 0 Å². The molecule has 0 spiro atoms. The summed E-state index contributed by atoms with van der Waals surface area (Å²) in [6, 6.07) is 3.59. The van der Waals surface area contributed by atoms with Gasteiger partial charge in [0.25, 0.3) is 5.91 Å². The molecule has 0 aromatic carbocycles. The van der Waals surface area contributed by atoms with Gasteiger partial charge in [0.05, 0.1) is 16.7 Å². The summed E-state index contributed by atoms with van der Waals surface area (Å²) in [5, 5.41) is 0. The van der Waals surface area contributed by atoms with Gasteiger partial charge in [0.2, 0.25) is 10.0 Å². The van der Waals surface area contributed by atoms with Crippen molar-refractivity contribution in [3.63, 3.8) is 0 Å². The molecule has 1 aromatic rings. The molecule has 19 heavy (non-hydrogen) atoms. The summed E-state index contributed by atoms with van der Waals surface area (Å²) in [6.45, 7) is 1.64. The van der Waals surface area contributed by atoms with E-state index in [1.54, 1.807) is 13.0 Å². The van der Waals surface area contributed by atoms with E-state index in [-0.39, 0.29) is 5.75 Å². The molecule has 1 aliphatic rings. The van der Waals surface area contributed by atoms with Gasteiger partial charge >= 0.3 is 0 Å². The van der Waals surface area contributed by atoms with Crippen molar-refractivity contribution in [2.24, 2.45) is 0 Å². The Bertz CT molecular complexity index is 560. The minimum Gasteiger partial charge on any atom is -0.381 e. The van der Waals surface area contributed by atoms with Crippen LogP contribution in [0.1, 0.15) is 40.2 Å². The van der Waals surface area contributed by atoms with Crippen LogP contribution in [0.3, 0.4) is 0 Å². The standard InChI is InChI=1S/C12H17NO4S2/c1-8(17-2)7-19(15,16)13-12(14)11-6-5-10(18-11)9-3-4-9/h5-6,8-9H,3-4,7H2,1-2H3,(H,13,14). The van der Waals surface area contributed by atoms with Gasteiger partial charge in [0.15, 0.2) is 0 Å². The zero-order valence-corrected chi connectivity index (χ0v) is 12.5. The number of hydrogen-bond acceptors (Lipinski definition) is 5. The van der Waals surface area contributed by atoms with Crippen molar-refractivity contribution >= 4 is 27.3 Å². The minimum absolute atomic E-state index is 0.226. The van der Waals surface area contributed by atoms with Gasteiger partial charge in [0, 0.05) is 12.0 Å². The number of carbonyl (C=O) groups excluding carboxylic acids is 1. The Morgan fingerprint density at radius 2 is 2.21 bits per heavy atom. The van der Waals surface area contributed by atoms with E-state index in [2.05, 4.69) is 4.72 Å². The van der Waals surface area contributed by atoms with Gasteiger partial charge in [0.1, 0.15) is 0 Å². The third-order valence-corrected chi connectivity index (χ3v) is 5.59. The van der Waals surface area contributed by atoms with Crippen molar-refractivity contribution in [1.29, 1.82) is 0 Å². The molecular formula is C12H17NO4S2. The van der Waals surface area contributed by atoms with Crippen molar-refractivity contribution in [3.8, 4) is 0 Å². The molecule has 1 N–H and O–H groups in total. The highest BCUT2D eigenvalue weighted by Crippen LogP contribution is 2.43. The van der Waals surface area contributed by atoms with Crippen molar-refractivity contribution in [3.05, 3.63) is 21.9 Å². The lowest BCUT2D eigenvalue weighted by Crippen LogP contribution is -2.35. The number of ether oxygens (including phenoxy) is 1. The molecular weight excluding hydrogens is 286 g/mol. The zero-order valence-electron chi connectivity index (χ0n) is 10.9. The summed E-state index contributed by atoms with van der Waals surface area (Å²) in [6.07, 6.45) is 1.87. The van der Waals surface area contributed by atoms with Gasteiger partial charge in [-0.05, 0) is 37.8 Å². The molecule has 0 aliphatic heterocycles. The molecule has 0 saturated heterocycles. The van der Waals surface area contributed by atoms with Gasteiger partial charge in [-0.25, -0.2) is 13.1 Å². The maximum atomic E-state index is 11.9. The van der Waals surface area contributed by atoms with Crippen molar-refractivity contribution < 1.29 is 17.9 Å². The van der Waals surface area contributed by atoms with Crippen molar-refractivity contribution in [2.75, 3.05) is 12.9 Å². The zero-order chi connectivity index (χ0) is 14.0. The van der Waals surface area contributed by atoms with E-state index in [4.69, 9.17) is 4.74 Å². The Balaban J connectivity index is 1.99. The highest BCUT2D eigenvalue weighted by molar-refractivity contribution is 7.90. The molecule has 1 saturated carbocycles. The largest absolute Gasteiger partial charge is 0.381 e. The van der Waals surface area contributed by atoms with Gasteiger partial charge in [-0.3, -0.25) is 4.79 Å². The summed E-state index contributed by atoms with van der Waals surface area (Å²) in [5.41, 5.74) is 0. The number of rotatable bonds is 6. The Labute approximate surface area is 117 Å². The average Bonchev–Trinajstić information content (AvgIpc) is 3.05. The maximum absolute atomic E-state index is 11.9. The summed E-state index contributed by atoms with van der Waals surface area (Å²) in [5.74, 6) is -0.215. The number of carbonyl (C=O) groups is 1. The smallest absolute Gasteiger partial charge is 0.274 e. The molecule has 2 rings (SSSR count). The van der Waals surface area contributed by atoms with Crippen LogP contribution in [0.5, 0.6) is 0 Å².